The first-order chi connectivity index (χ1) is 8.08. The Labute approximate surface area is 109 Å². The van der Waals surface area contributed by atoms with Crippen molar-refractivity contribution in [2.75, 3.05) is 18.8 Å². The van der Waals surface area contributed by atoms with Gasteiger partial charge < -0.3 is 10.2 Å². The molecular formula is C12H22N2O2S. The first-order valence-electron chi connectivity index (χ1n) is 6.25. The van der Waals surface area contributed by atoms with Crippen molar-refractivity contribution < 1.29 is 9.59 Å². The molecule has 0 bridgehead atoms. The van der Waals surface area contributed by atoms with E-state index in [9.17, 15) is 9.59 Å². The minimum absolute atomic E-state index is 0.00773. The summed E-state index contributed by atoms with van der Waals surface area (Å²) in [5.41, 5.74) is 0. The Kier molecular flexibility index (Phi) is 5.82. The molecule has 98 valence electrons. The van der Waals surface area contributed by atoms with E-state index in [1.165, 1.54) is 13.3 Å². The number of piperidine rings is 1. The zero-order chi connectivity index (χ0) is 12.8. The van der Waals surface area contributed by atoms with Crippen LogP contribution in [0.25, 0.3) is 0 Å². The summed E-state index contributed by atoms with van der Waals surface area (Å²) in [6.07, 6.45) is 3.37. The van der Waals surface area contributed by atoms with Crippen molar-refractivity contribution in [3.63, 3.8) is 0 Å². The summed E-state index contributed by atoms with van der Waals surface area (Å²) >= 11 is 4.13. The lowest BCUT2D eigenvalue weighted by molar-refractivity contribution is -0.137. The molecule has 0 saturated carbocycles. The average Bonchev–Trinajstić information content (AvgIpc) is 2.35. The molecule has 2 atom stereocenters. The van der Waals surface area contributed by atoms with Crippen LogP contribution in [0.1, 0.15) is 33.1 Å². The number of amides is 2. The zero-order valence-corrected chi connectivity index (χ0v) is 11.5. The van der Waals surface area contributed by atoms with E-state index < -0.39 is 6.04 Å². The Bertz CT molecular complexity index is 284. The van der Waals surface area contributed by atoms with Gasteiger partial charge in [-0.25, -0.2) is 0 Å². The molecule has 1 rings (SSSR count). The van der Waals surface area contributed by atoms with Crippen LogP contribution < -0.4 is 5.32 Å². The van der Waals surface area contributed by atoms with E-state index in [1.807, 2.05) is 4.90 Å². The van der Waals surface area contributed by atoms with E-state index in [0.29, 0.717) is 11.7 Å². The fourth-order valence-corrected chi connectivity index (χ4v) is 2.50. The third-order valence-corrected chi connectivity index (χ3v) is 3.63. The molecule has 0 aromatic carbocycles. The standard InChI is InChI=1S/C12H22N2O2S/c1-3-10-5-4-6-14(7-10)12(16)11(8-17)13-9(2)15/h10-11,17H,3-8H2,1-2H3,(H,13,15). The second-order valence-electron chi connectivity index (χ2n) is 4.64. The van der Waals surface area contributed by atoms with Crippen LogP contribution in [-0.4, -0.2) is 41.6 Å². The molecule has 5 heteroatoms. The highest BCUT2D eigenvalue weighted by Crippen LogP contribution is 2.19. The Morgan fingerprint density at radius 3 is 2.76 bits per heavy atom. The van der Waals surface area contributed by atoms with Gasteiger partial charge in [0, 0.05) is 25.8 Å². The molecule has 1 fully saturated rings. The SMILES string of the molecule is CCC1CCCN(C(=O)C(CS)NC(C)=O)C1. The molecule has 1 saturated heterocycles. The molecule has 1 heterocycles. The fourth-order valence-electron chi connectivity index (χ4n) is 2.25. The lowest BCUT2D eigenvalue weighted by Gasteiger charge is -2.34. The lowest BCUT2D eigenvalue weighted by Crippen LogP contribution is -2.51. The first-order valence-corrected chi connectivity index (χ1v) is 6.88. The fraction of sp³-hybridized carbons (Fsp3) is 0.833. The molecule has 1 N–H and O–H groups in total. The summed E-state index contributed by atoms with van der Waals surface area (Å²) in [5, 5.41) is 2.65. The number of hydrogen-bond acceptors (Lipinski definition) is 3. The highest BCUT2D eigenvalue weighted by atomic mass is 32.1. The predicted molar refractivity (Wildman–Crippen MR) is 71.1 cm³/mol. The summed E-state index contributed by atoms with van der Waals surface area (Å²) in [6, 6.07) is -0.480. The molecule has 2 unspecified atom stereocenters. The molecule has 1 aliphatic heterocycles. The van der Waals surface area contributed by atoms with Crippen molar-refractivity contribution in [2.45, 2.75) is 39.2 Å². The van der Waals surface area contributed by atoms with Gasteiger partial charge in [0.2, 0.25) is 11.8 Å². The van der Waals surface area contributed by atoms with Gasteiger partial charge >= 0.3 is 0 Å². The normalized spacial score (nSPS) is 22.1. The van der Waals surface area contributed by atoms with Gasteiger partial charge in [-0.05, 0) is 18.8 Å². The van der Waals surface area contributed by atoms with Crippen molar-refractivity contribution in [3.8, 4) is 0 Å². The van der Waals surface area contributed by atoms with Gasteiger partial charge in [0.25, 0.3) is 0 Å². The average molecular weight is 258 g/mol. The Morgan fingerprint density at radius 2 is 2.24 bits per heavy atom. The van der Waals surface area contributed by atoms with E-state index in [1.54, 1.807) is 0 Å². The molecule has 0 aromatic rings. The smallest absolute Gasteiger partial charge is 0.246 e. The number of carbonyl (C=O) groups is 2. The molecule has 2 amide bonds. The quantitative estimate of drug-likeness (QED) is 0.741. The van der Waals surface area contributed by atoms with Gasteiger partial charge in [-0.2, -0.15) is 12.6 Å². The molecule has 0 radical (unpaired) electrons. The van der Waals surface area contributed by atoms with Crippen LogP contribution in [0.2, 0.25) is 0 Å². The molecule has 17 heavy (non-hydrogen) atoms. The summed E-state index contributed by atoms with van der Waals surface area (Å²) in [4.78, 5) is 25.1. The second kappa shape index (κ2) is 6.89. The van der Waals surface area contributed by atoms with Crippen molar-refractivity contribution >= 4 is 24.4 Å². The summed E-state index contributed by atoms with van der Waals surface area (Å²) in [6.45, 7) is 5.20. The van der Waals surface area contributed by atoms with E-state index in [-0.39, 0.29) is 11.8 Å². The third-order valence-electron chi connectivity index (χ3n) is 3.27. The van der Waals surface area contributed by atoms with Crippen LogP contribution in [0, 0.1) is 5.92 Å². The molecular weight excluding hydrogens is 236 g/mol. The zero-order valence-electron chi connectivity index (χ0n) is 10.6. The maximum absolute atomic E-state index is 12.2. The van der Waals surface area contributed by atoms with E-state index in [2.05, 4.69) is 24.9 Å². The minimum Gasteiger partial charge on any atom is -0.344 e. The van der Waals surface area contributed by atoms with Crippen LogP contribution in [0.4, 0.5) is 0 Å². The maximum atomic E-state index is 12.2. The van der Waals surface area contributed by atoms with Gasteiger partial charge in [0.1, 0.15) is 6.04 Å². The number of likely N-dealkylation sites (tertiary alicyclic amines) is 1. The van der Waals surface area contributed by atoms with Crippen LogP contribution >= 0.6 is 12.6 Å². The maximum Gasteiger partial charge on any atom is 0.246 e. The van der Waals surface area contributed by atoms with Gasteiger partial charge in [-0.15, -0.1) is 0 Å². The van der Waals surface area contributed by atoms with E-state index >= 15 is 0 Å². The van der Waals surface area contributed by atoms with Crippen molar-refractivity contribution in [3.05, 3.63) is 0 Å². The topological polar surface area (TPSA) is 49.4 Å². The summed E-state index contributed by atoms with van der Waals surface area (Å²) in [7, 11) is 0. The highest BCUT2D eigenvalue weighted by molar-refractivity contribution is 7.80. The van der Waals surface area contributed by atoms with E-state index in [0.717, 1.165) is 25.9 Å². The summed E-state index contributed by atoms with van der Waals surface area (Å²) < 4.78 is 0. The van der Waals surface area contributed by atoms with Crippen molar-refractivity contribution in [1.82, 2.24) is 10.2 Å². The van der Waals surface area contributed by atoms with Crippen molar-refractivity contribution in [1.29, 1.82) is 0 Å². The molecule has 4 nitrogen and oxygen atoms in total. The molecule has 1 aliphatic rings. The van der Waals surface area contributed by atoms with Crippen LogP contribution in [0.3, 0.4) is 0 Å². The number of hydrogen-bond donors (Lipinski definition) is 2. The second-order valence-corrected chi connectivity index (χ2v) is 5.00. The van der Waals surface area contributed by atoms with Gasteiger partial charge in [-0.1, -0.05) is 13.3 Å². The van der Waals surface area contributed by atoms with E-state index in [4.69, 9.17) is 0 Å². The summed E-state index contributed by atoms with van der Waals surface area (Å²) in [5.74, 6) is 0.784. The van der Waals surface area contributed by atoms with Gasteiger partial charge in [-0.3, -0.25) is 9.59 Å². The van der Waals surface area contributed by atoms with Crippen LogP contribution in [0.15, 0.2) is 0 Å². The highest BCUT2D eigenvalue weighted by Gasteiger charge is 2.27. The largest absolute Gasteiger partial charge is 0.344 e. The Balaban J connectivity index is 2.57. The Hall–Kier alpha value is -0.710. The van der Waals surface area contributed by atoms with Crippen molar-refractivity contribution in [2.24, 2.45) is 5.92 Å². The monoisotopic (exact) mass is 258 g/mol. The lowest BCUT2D eigenvalue weighted by atomic mass is 9.95. The molecule has 0 aromatic heterocycles. The van der Waals surface area contributed by atoms with Gasteiger partial charge in [0.05, 0.1) is 0 Å². The number of carbonyl (C=O) groups excluding carboxylic acids is 2. The van der Waals surface area contributed by atoms with Gasteiger partial charge in [0.15, 0.2) is 0 Å². The molecule has 0 spiro atoms. The predicted octanol–water partition coefficient (Wildman–Crippen LogP) is 1.07. The first kappa shape index (κ1) is 14.4. The number of nitrogens with one attached hydrogen (secondary N) is 1. The van der Waals surface area contributed by atoms with Crippen LogP contribution in [-0.2, 0) is 9.59 Å². The van der Waals surface area contributed by atoms with Crippen LogP contribution in [0.5, 0.6) is 0 Å². The third kappa shape index (κ3) is 4.22. The molecule has 0 aliphatic carbocycles. The number of nitrogens with zero attached hydrogens (tertiary/aromatic N) is 1. The Morgan fingerprint density at radius 1 is 1.53 bits per heavy atom. The number of rotatable bonds is 4. The number of thiol groups is 1. The minimum atomic E-state index is -0.480.